The minimum absolute atomic E-state index is 0.0920. The first kappa shape index (κ1) is 8.97. The third-order valence-corrected chi connectivity index (χ3v) is 3.38. The zero-order valence-corrected chi connectivity index (χ0v) is 7.99. The number of nitrogens with one attached hydrogen (secondary N) is 1. The Balaban J connectivity index is 1.95. The predicted molar refractivity (Wildman–Crippen MR) is 50.1 cm³/mol. The van der Waals surface area contributed by atoms with E-state index in [-0.39, 0.29) is 11.9 Å². The van der Waals surface area contributed by atoms with Gasteiger partial charge in [0, 0.05) is 13.1 Å². The molecule has 0 aromatic heterocycles. The van der Waals surface area contributed by atoms with Crippen molar-refractivity contribution in [3.05, 3.63) is 0 Å². The summed E-state index contributed by atoms with van der Waals surface area (Å²) in [5.74, 6) is 1.27. The number of carbonyl (C=O) groups excluding carboxylic acids is 1. The van der Waals surface area contributed by atoms with E-state index in [0.29, 0.717) is 0 Å². The molecule has 13 heavy (non-hydrogen) atoms. The molecule has 1 amide bonds. The van der Waals surface area contributed by atoms with Gasteiger partial charge in [0.2, 0.25) is 5.91 Å². The van der Waals surface area contributed by atoms with Crippen LogP contribution in [0.15, 0.2) is 0 Å². The third-order valence-electron chi connectivity index (χ3n) is 3.38. The fraction of sp³-hybridized carbons (Fsp3) is 0.889. The lowest BCUT2D eigenvalue weighted by Crippen LogP contribution is -2.42. The average molecular weight is 183 g/mol. The predicted octanol–water partition coefficient (Wildman–Crippen LogP) is -0.989. The second-order valence-corrected chi connectivity index (χ2v) is 4.21. The molecular weight excluding hydrogens is 166 g/mol. The minimum atomic E-state index is -0.201. The van der Waals surface area contributed by atoms with Gasteiger partial charge in [0.25, 0.3) is 0 Å². The summed E-state index contributed by atoms with van der Waals surface area (Å²) < 4.78 is 0. The van der Waals surface area contributed by atoms with E-state index in [1.54, 1.807) is 0 Å². The van der Waals surface area contributed by atoms with Gasteiger partial charge in [0.05, 0.1) is 6.04 Å². The minimum Gasteiger partial charge on any atom is -0.368 e. The molecule has 2 saturated heterocycles. The number of nitrogens with two attached hydrogens (primary N) is 1. The van der Waals surface area contributed by atoms with Crippen molar-refractivity contribution >= 4 is 5.91 Å². The maximum atomic E-state index is 11.0. The Hall–Kier alpha value is -0.610. The lowest BCUT2D eigenvalue weighted by molar-refractivity contribution is -0.122. The van der Waals surface area contributed by atoms with Crippen LogP contribution in [0.25, 0.3) is 0 Å². The first-order valence-electron chi connectivity index (χ1n) is 4.92. The topological polar surface area (TPSA) is 58.4 Å². The number of carbonyl (C=O) groups is 1. The number of fused-ring (bicyclic) bond motifs is 1. The molecule has 2 aliphatic heterocycles. The van der Waals surface area contributed by atoms with Gasteiger partial charge in [-0.15, -0.1) is 0 Å². The van der Waals surface area contributed by atoms with Crippen LogP contribution in [0.4, 0.5) is 0 Å². The Morgan fingerprint density at radius 2 is 2.00 bits per heavy atom. The van der Waals surface area contributed by atoms with E-state index in [1.165, 1.54) is 0 Å². The second-order valence-electron chi connectivity index (χ2n) is 4.21. The molecular formula is C9H17N3O. The van der Waals surface area contributed by atoms with Crippen LogP contribution in [0, 0.1) is 11.8 Å². The SMILES string of the molecule is CC(C(N)=O)N1C[C@H]2CNC[C@H]2C1. The summed E-state index contributed by atoms with van der Waals surface area (Å²) in [5, 5.41) is 3.37. The van der Waals surface area contributed by atoms with E-state index in [0.717, 1.165) is 38.0 Å². The van der Waals surface area contributed by atoms with E-state index in [2.05, 4.69) is 10.2 Å². The highest BCUT2D eigenvalue weighted by molar-refractivity contribution is 5.79. The molecule has 4 heteroatoms. The van der Waals surface area contributed by atoms with Crippen LogP contribution < -0.4 is 11.1 Å². The zero-order valence-electron chi connectivity index (χ0n) is 7.99. The highest BCUT2D eigenvalue weighted by Crippen LogP contribution is 2.27. The number of hydrogen-bond acceptors (Lipinski definition) is 3. The van der Waals surface area contributed by atoms with Gasteiger partial charge in [-0.2, -0.15) is 0 Å². The summed E-state index contributed by atoms with van der Waals surface area (Å²) in [5.41, 5.74) is 5.27. The molecule has 2 fully saturated rings. The van der Waals surface area contributed by atoms with Crippen molar-refractivity contribution < 1.29 is 4.79 Å². The molecule has 0 spiro atoms. The molecule has 0 radical (unpaired) electrons. The van der Waals surface area contributed by atoms with E-state index < -0.39 is 0 Å². The summed E-state index contributed by atoms with van der Waals surface area (Å²) in [6.45, 7) is 6.17. The summed E-state index contributed by atoms with van der Waals surface area (Å²) >= 11 is 0. The van der Waals surface area contributed by atoms with E-state index in [9.17, 15) is 4.79 Å². The van der Waals surface area contributed by atoms with Gasteiger partial charge in [-0.05, 0) is 31.8 Å². The largest absolute Gasteiger partial charge is 0.368 e. The molecule has 1 unspecified atom stereocenters. The molecule has 0 bridgehead atoms. The number of nitrogens with zero attached hydrogens (tertiary/aromatic N) is 1. The van der Waals surface area contributed by atoms with Crippen molar-refractivity contribution in [2.45, 2.75) is 13.0 Å². The van der Waals surface area contributed by atoms with Crippen molar-refractivity contribution in [1.82, 2.24) is 10.2 Å². The zero-order chi connectivity index (χ0) is 9.42. The van der Waals surface area contributed by atoms with Crippen molar-refractivity contribution in [2.24, 2.45) is 17.6 Å². The van der Waals surface area contributed by atoms with Crippen LogP contribution in [0.3, 0.4) is 0 Å². The Labute approximate surface area is 78.5 Å². The molecule has 74 valence electrons. The smallest absolute Gasteiger partial charge is 0.234 e. The van der Waals surface area contributed by atoms with Crippen molar-refractivity contribution in [3.63, 3.8) is 0 Å². The van der Waals surface area contributed by atoms with Gasteiger partial charge in [-0.1, -0.05) is 0 Å². The summed E-state index contributed by atoms with van der Waals surface area (Å²) in [4.78, 5) is 13.2. The Morgan fingerprint density at radius 3 is 2.46 bits per heavy atom. The molecule has 2 heterocycles. The van der Waals surface area contributed by atoms with Gasteiger partial charge in [-0.25, -0.2) is 0 Å². The Morgan fingerprint density at radius 1 is 1.46 bits per heavy atom. The van der Waals surface area contributed by atoms with Crippen molar-refractivity contribution in [2.75, 3.05) is 26.2 Å². The third kappa shape index (κ3) is 1.56. The lowest BCUT2D eigenvalue weighted by Gasteiger charge is -2.21. The molecule has 2 aliphatic rings. The van der Waals surface area contributed by atoms with E-state index >= 15 is 0 Å². The van der Waals surface area contributed by atoms with Crippen molar-refractivity contribution in [1.29, 1.82) is 0 Å². The van der Waals surface area contributed by atoms with Crippen LogP contribution >= 0.6 is 0 Å². The van der Waals surface area contributed by atoms with Crippen molar-refractivity contribution in [3.8, 4) is 0 Å². The number of primary amides is 1. The highest BCUT2D eigenvalue weighted by atomic mass is 16.1. The molecule has 3 atom stereocenters. The van der Waals surface area contributed by atoms with Crippen LogP contribution in [-0.4, -0.2) is 43.0 Å². The Kier molecular flexibility index (Phi) is 2.26. The molecule has 2 rings (SSSR count). The van der Waals surface area contributed by atoms with E-state index in [1.807, 2.05) is 6.92 Å². The van der Waals surface area contributed by atoms with Gasteiger partial charge in [0.1, 0.15) is 0 Å². The van der Waals surface area contributed by atoms with Gasteiger partial charge < -0.3 is 11.1 Å². The fourth-order valence-corrected chi connectivity index (χ4v) is 2.39. The average Bonchev–Trinajstić information content (AvgIpc) is 2.59. The van der Waals surface area contributed by atoms with Gasteiger partial charge >= 0.3 is 0 Å². The molecule has 0 aliphatic carbocycles. The maximum absolute atomic E-state index is 11.0. The fourth-order valence-electron chi connectivity index (χ4n) is 2.39. The molecule has 3 N–H and O–H groups in total. The maximum Gasteiger partial charge on any atom is 0.234 e. The lowest BCUT2D eigenvalue weighted by atomic mass is 10.0. The number of likely N-dealkylation sites (tertiary alicyclic amines) is 1. The quantitative estimate of drug-likeness (QED) is 0.578. The second kappa shape index (κ2) is 3.27. The van der Waals surface area contributed by atoms with Gasteiger partial charge in [-0.3, -0.25) is 9.69 Å². The van der Waals surface area contributed by atoms with E-state index in [4.69, 9.17) is 5.73 Å². The molecule has 0 aromatic carbocycles. The Bertz CT molecular complexity index is 207. The summed E-state index contributed by atoms with van der Waals surface area (Å²) in [6, 6.07) is -0.0920. The number of hydrogen-bond donors (Lipinski definition) is 2. The summed E-state index contributed by atoms with van der Waals surface area (Å²) in [6.07, 6.45) is 0. The first-order valence-corrected chi connectivity index (χ1v) is 4.92. The highest BCUT2D eigenvalue weighted by Gasteiger charge is 2.38. The van der Waals surface area contributed by atoms with Crippen LogP contribution in [0.2, 0.25) is 0 Å². The standard InChI is InChI=1S/C9H17N3O/c1-6(9(10)13)12-4-7-2-11-3-8(7)5-12/h6-8,11H,2-5H2,1H3,(H2,10,13)/t6?,7-,8+. The van der Waals surface area contributed by atoms with Crippen LogP contribution in [0.1, 0.15) is 6.92 Å². The molecule has 0 saturated carbocycles. The number of amides is 1. The first-order chi connectivity index (χ1) is 6.18. The molecule has 0 aromatic rings. The monoisotopic (exact) mass is 183 g/mol. The van der Waals surface area contributed by atoms with Crippen LogP contribution in [-0.2, 0) is 4.79 Å². The normalized spacial score (nSPS) is 36.1. The number of rotatable bonds is 2. The summed E-state index contributed by atoms with van der Waals surface area (Å²) in [7, 11) is 0. The van der Waals surface area contributed by atoms with Crippen LogP contribution in [0.5, 0.6) is 0 Å². The van der Waals surface area contributed by atoms with Gasteiger partial charge in [0.15, 0.2) is 0 Å². The molecule has 4 nitrogen and oxygen atoms in total.